The molecule has 2 rings (SSSR count). The highest BCUT2D eigenvalue weighted by molar-refractivity contribution is 5.72. The van der Waals surface area contributed by atoms with Crippen LogP contribution in [0.2, 0.25) is 0 Å². The normalized spacial score (nSPS) is 37.0. The number of carboxylic acids is 1. The summed E-state index contributed by atoms with van der Waals surface area (Å²) in [5.41, 5.74) is 0. The van der Waals surface area contributed by atoms with Crippen molar-refractivity contribution in [3.63, 3.8) is 0 Å². The van der Waals surface area contributed by atoms with Crippen molar-refractivity contribution in [3.05, 3.63) is 0 Å². The van der Waals surface area contributed by atoms with Gasteiger partial charge in [0.25, 0.3) is 0 Å². The lowest BCUT2D eigenvalue weighted by Gasteiger charge is -2.48. The van der Waals surface area contributed by atoms with E-state index in [1.54, 1.807) is 0 Å². The summed E-state index contributed by atoms with van der Waals surface area (Å²) in [7, 11) is 2.17. The highest BCUT2D eigenvalue weighted by Crippen LogP contribution is 2.33. The maximum absolute atomic E-state index is 11.0. The maximum Gasteiger partial charge on any atom is 0.308 e. The van der Waals surface area contributed by atoms with E-state index in [4.69, 9.17) is 5.11 Å². The number of hydrogen-bond donors (Lipinski definition) is 1. The Balaban J connectivity index is 1.93. The number of carbonyl (C=O) groups is 1. The molecule has 0 aromatic carbocycles. The molecule has 1 aliphatic carbocycles. The van der Waals surface area contributed by atoms with E-state index in [9.17, 15) is 4.79 Å². The van der Waals surface area contributed by atoms with E-state index < -0.39 is 5.97 Å². The second-order valence-electron chi connectivity index (χ2n) is 5.13. The van der Waals surface area contributed by atoms with Gasteiger partial charge in [0.2, 0.25) is 0 Å². The Morgan fingerprint density at radius 2 is 2.12 bits per heavy atom. The molecule has 0 spiro atoms. The van der Waals surface area contributed by atoms with Crippen LogP contribution < -0.4 is 0 Å². The number of nitrogens with zero attached hydrogens (tertiary/aromatic N) is 2. The van der Waals surface area contributed by atoms with Crippen LogP contribution in [0.15, 0.2) is 0 Å². The molecule has 1 N–H and O–H groups in total. The average Bonchev–Trinajstić information content (AvgIpc) is 2.18. The Morgan fingerprint density at radius 1 is 1.38 bits per heavy atom. The largest absolute Gasteiger partial charge is 0.481 e. The molecular formula is C12H22N2O2. The van der Waals surface area contributed by atoms with Gasteiger partial charge in [-0.1, -0.05) is 6.92 Å². The van der Waals surface area contributed by atoms with Gasteiger partial charge in [0.05, 0.1) is 5.92 Å². The molecule has 4 heteroatoms. The number of carboxylic acid groups (broad SMARTS) is 1. The molecule has 0 radical (unpaired) electrons. The topological polar surface area (TPSA) is 43.8 Å². The van der Waals surface area contributed by atoms with Crippen LogP contribution in [0.25, 0.3) is 0 Å². The van der Waals surface area contributed by atoms with Gasteiger partial charge >= 0.3 is 5.97 Å². The molecule has 0 aromatic heterocycles. The van der Waals surface area contributed by atoms with Gasteiger partial charge < -0.3 is 10.0 Å². The smallest absolute Gasteiger partial charge is 0.308 e. The molecule has 2 fully saturated rings. The highest BCUT2D eigenvalue weighted by Gasteiger charge is 2.42. The van der Waals surface area contributed by atoms with Gasteiger partial charge in [0.15, 0.2) is 0 Å². The van der Waals surface area contributed by atoms with E-state index in [0.29, 0.717) is 12.1 Å². The molecule has 3 atom stereocenters. The first-order valence-corrected chi connectivity index (χ1v) is 6.30. The van der Waals surface area contributed by atoms with Crippen molar-refractivity contribution in [2.45, 2.75) is 38.3 Å². The third-order valence-corrected chi connectivity index (χ3v) is 4.30. The predicted octanol–water partition coefficient (Wildman–Crippen LogP) is 0.876. The highest BCUT2D eigenvalue weighted by atomic mass is 16.4. The quantitative estimate of drug-likeness (QED) is 0.775. The first-order valence-electron chi connectivity index (χ1n) is 6.30. The van der Waals surface area contributed by atoms with Gasteiger partial charge in [-0.25, -0.2) is 0 Å². The Hall–Kier alpha value is -0.610. The molecule has 1 aliphatic heterocycles. The molecule has 4 nitrogen and oxygen atoms in total. The van der Waals surface area contributed by atoms with E-state index in [0.717, 1.165) is 38.9 Å². The monoisotopic (exact) mass is 226 g/mol. The van der Waals surface area contributed by atoms with Crippen LogP contribution in [0, 0.1) is 5.92 Å². The summed E-state index contributed by atoms with van der Waals surface area (Å²) in [6.07, 6.45) is 3.08. The molecule has 0 amide bonds. The molecule has 92 valence electrons. The lowest BCUT2D eigenvalue weighted by molar-refractivity contribution is -0.150. The SMILES string of the molecule is CCC1CN(C2CCC2C(=O)O)CCN1C. The summed E-state index contributed by atoms with van der Waals surface area (Å²) in [6, 6.07) is 0.907. The van der Waals surface area contributed by atoms with Crippen LogP contribution in [0.4, 0.5) is 0 Å². The second-order valence-corrected chi connectivity index (χ2v) is 5.13. The number of aliphatic carboxylic acids is 1. The molecule has 2 aliphatic rings. The summed E-state index contributed by atoms with van der Waals surface area (Å²) < 4.78 is 0. The van der Waals surface area contributed by atoms with Gasteiger partial charge in [-0.05, 0) is 26.3 Å². The fourth-order valence-electron chi connectivity index (χ4n) is 2.92. The van der Waals surface area contributed by atoms with Crippen LogP contribution in [0.3, 0.4) is 0 Å². The number of rotatable bonds is 3. The van der Waals surface area contributed by atoms with Crippen LogP contribution >= 0.6 is 0 Å². The van der Waals surface area contributed by atoms with Crippen LogP contribution in [0.5, 0.6) is 0 Å². The molecule has 0 aromatic rings. The van der Waals surface area contributed by atoms with Gasteiger partial charge in [-0.2, -0.15) is 0 Å². The molecule has 3 unspecified atom stereocenters. The minimum absolute atomic E-state index is 0.110. The van der Waals surface area contributed by atoms with Crippen molar-refractivity contribution in [1.82, 2.24) is 9.80 Å². The summed E-state index contributed by atoms with van der Waals surface area (Å²) in [6.45, 7) is 5.35. The summed E-state index contributed by atoms with van der Waals surface area (Å²) >= 11 is 0. The van der Waals surface area contributed by atoms with Crippen molar-refractivity contribution in [2.24, 2.45) is 5.92 Å². The molecular weight excluding hydrogens is 204 g/mol. The van der Waals surface area contributed by atoms with Gasteiger partial charge in [-0.3, -0.25) is 9.69 Å². The Kier molecular flexibility index (Phi) is 3.50. The third kappa shape index (κ3) is 2.09. The van der Waals surface area contributed by atoms with Crippen molar-refractivity contribution in [2.75, 3.05) is 26.7 Å². The van der Waals surface area contributed by atoms with E-state index in [1.807, 2.05) is 0 Å². The van der Waals surface area contributed by atoms with Crippen molar-refractivity contribution in [1.29, 1.82) is 0 Å². The summed E-state index contributed by atoms with van der Waals surface area (Å²) in [5.74, 6) is -0.718. The zero-order valence-corrected chi connectivity index (χ0v) is 10.2. The van der Waals surface area contributed by atoms with Gasteiger partial charge in [0, 0.05) is 31.7 Å². The number of likely N-dealkylation sites (N-methyl/N-ethyl adjacent to an activating group) is 1. The van der Waals surface area contributed by atoms with Crippen LogP contribution in [-0.2, 0) is 4.79 Å². The fraction of sp³-hybridized carbons (Fsp3) is 0.917. The lowest BCUT2D eigenvalue weighted by Crippen LogP contribution is -2.59. The third-order valence-electron chi connectivity index (χ3n) is 4.30. The zero-order valence-electron chi connectivity index (χ0n) is 10.2. The Labute approximate surface area is 97.2 Å². The van der Waals surface area contributed by atoms with Crippen LogP contribution in [-0.4, -0.2) is 59.6 Å². The van der Waals surface area contributed by atoms with Crippen molar-refractivity contribution >= 4 is 5.97 Å². The predicted molar refractivity (Wildman–Crippen MR) is 62.4 cm³/mol. The first-order chi connectivity index (χ1) is 7.63. The molecule has 1 heterocycles. The van der Waals surface area contributed by atoms with Gasteiger partial charge in [-0.15, -0.1) is 0 Å². The Bertz CT molecular complexity index is 270. The molecule has 1 saturated heterocycles. The zero-order chi connectivity index (χ0) is 11.7. The number of piperazine rings is 1. The van der Waals surface area contributed by atoms with Crippen molar-refractivity contribution < 1.29 is 9.90 Å². The van der Waals surface area contributed by atoms with Gasteiger partial charge in [0.1, 0.15) is 0 Å². The van der Waals surface area contributed by atoms with Crippen molar-refractivity contribution in [3.8, 4) is 0 Å². The lowest BCUT2D eigenvalue weighted by atomic mass is 9.78. The standard InChI is InChI=1S/C12H22N2O2/c1-3-9-8-14(7-6-13(9)2)11-5-4-10(11)12(15)16/h9-11H,3-8H2,1-2H3,(H,15,16). The van der Waals surface area contributed by atoms with E-state index >= 15 is 0 Å². The first kappa shape index (κ1) is 11.9. The van der Waals surface area contributed by atoms with E-state index in [2.05, 4.69) is 23.8 Å². The van der Waals surface area contributed by atoms with E-state index in [1.165, 1.54) is 0 Å². The maximum atomic E-state index is 11.0. The average molecular weight is 226 g/mol. The number of hydrogen-bond acceptors (Lipinski definition) is 3. The summed E-state index contributed by atoms with van der Waals surface area (Å²) in [5, 5.41) is 9.07. The molecule has 0 bridgehead atoms. The minimum atomic E-state index is -0.608. The molecule has 1 saturated carbocycles. The minimum Gasteiger partial charge on any atom is -0.481 e. The van der Waals surface area contributed by atoms with Crippen LogP contribution in [0.1, 0.15) is 26.2 Å². The van der Waals surface area contributed by atoms with E-state index in [-0.39, 0.29) is 5.92 Å². The molecule has 16 heavy (non-hydrogen) atoms. The second kappa shape index (κ2) is 4.72. The summed E-state index contributed by atoms with van der Waals surface area (Å²) in [4.78, 5) is 15.8. The Morgan fingerprint density at radius 3 is 2.62 bits per heavy atom. The fourth-order valence-corrected chi connectivity index (χ4v) is 2.92.